The van der Waals surface area contributed by atoms with Gasteiger partial charge in [0.1, 0.15) is 0 Å². The Balaban J connectivity index is 3.69. The van der Waals surface area contributed by atoms with Crippen molar-refractivity contribution in [3.05, 3.63) is 36.5 Å². The van der Waals surface area contributed by atoms with Crippen LogP contribution in [0.3, 0.4) is 0 Å². The van der Waals surface area contributed by atoms with Gasteiger partial charge in [-0.1, -0.05) is 82.4 Å². The molecule has 24 heavy (non-hydrogen) atoms. The van der Waals surface area contributed by atoms with Gasteiger partial charge in [-0.25, -0.2) is 0 Å². The Labute approximate surface area is 149 Å². The molecule has 138 valence electrons. The van der Waals surface area contributed by atoms with E-state index in [9.17, 15) is 4.79 Å². The van der Waals surface area contributed by atoms with Crippen molar-refractivity contribution in [3.63, 3.8) is 0 Å². The Morgan fingerprint density at radius 1 is 0.833 bits per heavy atom. The molecule has 2 nitrogen and oxygen atoms in total. The minimum atomic E-state index is -0.655. The van der Waals surface area contributed by atoms with E-state index in [1.165, 1.54) is 38.5 Å². The fourth-order valence-electron chi connectivity index (χ4n) is 2.78. The van der Waals surface area contributed by atoms with Crippen molar-refractivity contribution >= 4 is 5.97 Å². The van der Waals surface area contributed by atoms with Crippen LogP contribution in [-0.2, 0) is 4.79 Å². The lowest BCUT2D eigenvalue weighted by molar-refractivity contribution is -0.137. The van der Waals surface area contributed by atoms with Gasteiger partial charge in [0.25, 0.3) is 0 Å². The fraction of sp³-hybridized carbons (Fsp3) is 0.682. The molecule has 1 unspecified atom stereocenters. The Kier molecular flexibility index (Phi) is 17.1. The second kappa shape index (κ2) is 18.0. The van der Waals surface area contributed by atoms with E-state index in [0.717, 1.165) is 32.1 Å². The first-order valence-corrected chi connectivity index (χ1v) is 9.87. The predicted molar refractivity (Wildman–Crippen MR) is 105 cm³/mol. The highest BCUT2D eigenvalue weighted by molar-refractivity contribution is 5.66. The van der Waals surface area contributed by atoms with E-state index in [1.54, 1.807) is 0 Å². The lowest BCUT2D eigenvalue weighted by Crippen LogP contribution is -2.05. The number of allylic oxidation sites excluding steroid dienone is 6. The maximum Gasteiger partial charge on any atom is 0.303 e. The highest BCUT2D eigenvalue weighted by Gasteiger charge is 2.10. The van der Waals surface area contributed by atoms with Gasteiger partial charge in [-0.2, -0.15) is 0 Å². The van der Waals surface area contributed by atoms with E-state index < -0.39 is 5.97 Å². The smallest absolute Gasteiger partial charge is 0.303 e. The Morgan fingerprint density at radius 2 is 1.46 bits per heavy atom. The molecule has 0 aromatic heterocycles. The molecule has 0 heterocycles. The molecule has 0 amide bonds. The van der Waals surface area contributed by atoms with Gasteiger partial charge in [-0.3, -0.25) is 4.79 Å². The van der Waals surface area contributed by atoms with Gasteiger partial charge in [-0.05, 0) is 44.4 Å². The zero-order valence-electron chi connectivity index (χ0n) is 15.9. The average Bonchev–Trinajstić information content (AvgIpc) is 2.57. The molecule has 0 saturated carbocycles. The third-order valence-electron chi connectivity index (χ3n) is 4.25. The fourth-order valence-corrected chi connectivity index (χ4v) is 2.78. The number of carboxylic acid groups (broad SMARTS) is 1. The molecule has 0 saturated heterocycles. The van der Waals surface area contributed by atoms with Crippen LogP contribution in [0.2, 0.25) is 0 Å². The molecule has 0 aromatic carbocycles. The van der Waals surface area contributed by atoms with Crippen molar-refractivity contribution in [1.82, 2.24) is 0 Å². The summed E-state index contributed by atoms with van der Waals surface area (Å²) in [4.78, 5) is 10.7. The highest BCUT2D eigenvalue weighted by Crippen LogP contribution is 2.21. The third kappa shape index (κ3) is 17.1. The maximum absolute atomic E-state index is 10.7. The van der Waals surface area contributed by atoms with Crippen LogP contribution in [-0.4, -0.2) is 11.1 Å². The van der Waals surface area contributed by atoms with Crippen LogP contribution >= 0.6 is 0 Å². The lowest BCUT2D eigenvalue weighted by atomic mass is 9.91. The normalized spacial score (nSPS) is 13.4. The van der Waals surface area contributed by atoms with Crippen LogP contribution in [0.1, 0.15) is 90.9 Å². The van der Waals surface area contributed by atoms with Gasteiger partial charge in [0, 0.05) is 6.42 Å². The summed E-state index contributed by atoms with van der Waals surface area (Å²) < 4.78 is 0. The highest BCUT2D eigenvalue weighted by atomic mass is 16.4. The molecule has 0 aliphatic carbocycles. The Bertz CT molecular complexity index is 366. The lowest BCUT2D eigenvalue weighted by Gasteiger charge is -2.15. The quantitative estimate of drug-likeness (QED) is 0.242. The molecule has 0 spiro atoms. The molecule has 0 rings (SSSR count). The van der Waals surface area contributed by atoms with Crippen molar-refractivity contribution in [2.75, 3.05) is 0 Å². The van der Waals surface area contributed by atoms with E-state index in [-0.39, 0.29) is 0 Å². The van der Waals surface area contributed by atoms with Crippen molar-refractivity contribution < 1.29 is 9.90 Å². The summed E-state index contributed by atoms with van der Waals surface area (Å²) in [6.07, 6.45) is 26.1. The van der Waals surface area contributed by atoms with Crippen LogP contribution in [0.4, 0.5) is 0 Å². The van der Waals surface area contributed by atoms with Crippen molar-refractivity contribution in [2.24, 2.45) is 5.92 Å². The predicted octanol–water partition coefficient (Wildman–Crippen LogP) is 7.08. The molecule has 1 atom stereocenters. The first-order valence-electron chi connectivity index (χ1n) is 9.87. The Morgan fingerprint density at radius 3 is 2.08 bits per heavy atom. The van der Waals surface area contributed by atoms with Crippen LogP contribution in [0.15, 0.2) is 36.5 Å². The van der Waals surface area contributed by atoms with Gasteiger partial charge in [-0.15, -0.1) is 0 Å². The number of hydrogen-bond acceptors (Lipinski definition) is 1. The summed E-state index contributed by atoms with van der Waals surface area (Å²) >= 11 is 0. The molecule has 0 aliphatic heterocycles. The van der Waals surface area contributed by atoms with Gasteiger partial charge < -0.3 is 5.11 Å². The van der Waals surface area contributed by atoms with Crippen LogP contribution in [0.5, 0.6) is 0 Å². The van der Waals surface area contributed by atoms with Crippen molar-refractivity contribution in [2.45, 2.75) is 90.9 Å². The van der Waals surface area contributed by atoms with E-state index in [4.69, 9.17) is 5.11 Å². The van der Waals surface area contributed by atoms with Crippen LogP contribution in [0.25, 0.3) is 0 Å². The van der Waals surface area contributed by atoms with E-state index >= 15 is 0 Å². The summed E-state index contributed by atoms with van der Waals surface area (Å²) in [5.41, 5.74) is 0. The summed E-state index contributed by atoms with van der Waals surface area (Å²) in [6, 6.07) is 0. The number of carboxylic acids is 1. The second-order valence-corrected chi connectivity index (χ2v) is 6.52. The minimum Gasteiger partial charge on any atom is -0.481 e. The number of aliphatic carboxylic acids is 1. The molecule has 1 N–H and O–H groups in total. The summed E-state index contributed by atoms with van der Waals surface area (Å²) in [7, 11) is 0. The monoisotopic (exact) mass is 334 g/mol. The van der Waals surface area contributed by atoms with Crippen LogP contribution in [0, 0.1) is 5.92 Å². The first-order chi connectivity index (χ1) is 11.7. The number of unbranched alkanes of at least 4 members (excludes halogenated alkanes) is 3. The average molecular weight is 335 g/mol. The largest absolute Gasteiger partial charge is 0.481 e. The third-order valence-corrected chi connectivity index (χ3v) is 4.25. The number of rotatable bonds is 16. The summed E-state index contributed by atoms with van der Waals surface area (Å²) in [6.45, 7) is 4.36. The van der Waals surface area contributed by atoms with Gasteiger partial charge in [0.05, 0.1) is 0 Å². The molecule has 0 aromatic rings. The Hall–Kier alpha value is -1.31. The van der Waals surface area contributed by atoms with Gasteiger partial charge in [0.2, 0.25) is 0 Å². The molecule has 0 aliphatic rings. The van der Waals surface area contributed by atoms with Gasteiger partial charge >= 0.3 is 5.97 Å². The molecule has 0 radical (unpaired) electrons. The molecule has 0 fully saturated rings. The zero-order chi connectivity index (χ0) is 17.9. The maximum atomic E-state index is 10.7. The second-order valence-electron chi connectivity index (χ2n) is 6.52. The molecular weight excluding hydrogens is 296 g/mol. The topological polar surface area (TPSA) is 37.3 Å². The minimum absolute atomic E-state index is 0.327. The molecular formula is C22H38O2. The van der Waals surface area contributed by atoms with Crippen molar-refractivity contribution in [3.8, 4) is 0 Å². The zero-order valence-corrected chi connectivity index (χ0v) is 15.9. The molecule has 2 heteroatoms. The van der Waals surface area contributed by atoms with Crippen LogP contribution < -0.4 is 0 Å². The standard InChI is InChI=1S/C22H38O2/c1-3-5-7-8-9-10-11-12-13-14-15-16-18-21(17-6-4-2)19-20-22(23)24/h5,7,9-10,12-13,21H,3-4,6,8,11,14-20H2,1-2H3,(H,23,24)/b7-5-,10-9-,13-12-. The van der Waals surface area contributed by atoms with E-state index in [2.05, 4.69) is 50.3 Å². The van der Waals surface area contributed by atoms with E-state index in [0.29, 0.717) is 12.3 Å². The first kappa shape index (κ1) is 22.7. The van der Waals surface area contributed by atoms with Crippen molar-refractivity contribution in [1.29, 1.82) is 0 Å². The summed E-state index contributed by atoms with van der Waals surface area (Å²) in [5.74, 6) is -0.0539. The van der Waals surface area contributed by atoms with E-state index in [1.807, 2.05) is 0 Å². The number of carbonyl (C=O) groups is 1. The SMILES string of the molecule is CC/C=C\C/C=C\C/C=C\CCCCC(CCCC)CCC(=O)O. The molecule has 0 bridgehead atoms. The van der Waals surface area contributed by atoms with Gasteiger partial charge in [0.15, 0.2) is 0 Å². The summed E-state index contributed by atoms with van der Waals surface area (Å²) in [5, 5.41) is 8.84. The number of hydrogen-bond donors (Lipinski definition) is 1.